The van der Waals surface area contributed by atoms with Gasteiger partial charge in [0.25, 0.3) is 11.5 Å². The lowest BCUT2D eigenvalue weighted by molar-refractivity contribution is -0.128. The zero-order valence-electron chi connectivity index (χ0n) is 13.6. The van der Waals surface area contributed by atoms with Crippen LogP contribution in [0.15, 0.2) is 41.3 Å². The van der Waals surface area contributed by atoms with Gasteiger partial charge >= 0.3 is 0 Å². The number of hydrogen-bond acceptors (Lipinski definition) is 5. The Morgan fingerprint density at radius 2 is 1.88 bits per heavy atom. The number of aromatic nitrogens is 1. The first kappa shape index (κ1) is 19.7. The van der Waals surface area contributed by atoms with Crippen molar-refractivity contribution in [3.05, 3.63) is 58.5 Å². The number of rotatable bonds is 6. The van der Waals surface area contributed by atoms with Crippen molar-refractivity contribution in [3.63, 3.8) is 0 Å². The number of halogens is 2. The van der Waals surface area contributed by atoms with Gasteiger partial charge in [-0.1, -0.05) is 30.3 Å². The highest BCUT2D eigenvalue weighted by molar-refractivity contribution is 7.92. The maximum atomic E-state index is 14.4. The molecule has 1 aromatic carbocycles. The average Bonchev–Trinajstić information content (AvgIpc) is 2.58. The van der Waals surface area contributed by atoms with Crippen LogP contribution in [0.2, 0.25) is 0 Å². The second-order valence-corrected chi connectivity index (χ2v) is 7.84. The van der Waals surface area contributed by atoms with E-state index in [1.165, 1.54) is 17.6 Å². The van der Waals surface area contributed by atoms with Gasteiger partial charge in [-0.15, -0.1) is 0 Å². The molecular weight excluding hydrogens is 370 g/mol. The third kappa shape index (κ3) is 4.14. The normalized spacial score (nSPS) is 12.6. The van der Waals surface area contributed by atoms with E-state index in [2.05, 4.69) is 0 Å². The van der Waals surface area contributed by atoms with Crippen molar-refractivity contribution in [2.75, 3.05) is 6.26 Å². The van der Waals surface area contributed by atoms with Gasteiger partial charge in [0, 0.05) is 19.0 Å². The topological polar surface area (TPSA) is 105 Å². The minimum atomic E-state index is -3.91. The minimum Gasteiger partial charge on any atom is -0.310 e. The summed E-state index contributed by atoms with van der Waals surface area (Å²) < 4.78 is 52.6. The summed E-state index contributed by atoms with van der Waals surface area (Å²) in [4.78, 5) is 23.6. The van der Waals surface area contributed by atoms with E-state index in [4.69, 9.17) is 5.21 Å². The van der Waals surface area contributed by atoms with Crippen molar-refractivity contribution in [2.24, 2.45) is 0 Å². The van der Waals surface area contributed by atoms with E-state index < -0.39 is 56.7 Å². The maximum Gasteiger partial charge on any atom is 0.287 e. The number of carbonyl (C=O) groups excluding carboxylic acids is 1. The number of hydroxylamine groups is 1. The molecule has 0 aliphatic rings. The summed E-state index contributed by atoms with van der Waals surface area (Å²) in [6, 6.07) is 7.65. The quantitative estimate of drug-likeness (QED) is 0.571. The molecule has 1 aromatic heterocycles. The minimum absolute atomic E-state index is 0.181. The number of amides is 1. The lowest BCUT2D eigenvalue weighted by atomic mass is 10.1. The Bertz CT molecular complexity index is 974. The molecule has 2 aromatic rings. The molecule has 0 saturated carbocycles. The Labute approximate surface area is 147 Å². The largest absolute Gasteiger partial charge is 0.310 e. The van der Waals surface area contributed by atoms with Crippen molar-refractivity contribution in [2.45, 2.75) is 18.2 Å². The number of pyridine rings is 1. The van der Waals surface area contributed by atoms with E-state index in [9.17, 15) is 26.8 Å². The number of carbonyl (C=O) groups is 1. The van der Waals surface area contributed by atoms with E-state index in [0.29, 0.717) is 4.57 Å². The third-order valence-electron chi connectivity index (χ3n) is 3.79. The molecule has 0 saturated heterocycles. The molecule has 0 unspecified atom stereocenters. The van der Waals surface area contributed by atoms with E-state index in [1.54, 1.807) is 18.2 Å². The van der Waals surface area contributed by atoms with Gasteiger partial charge in [0.2, 0.25) is 0 Å². The first-order valence-corrected chi connectivity index (χ1v) is 9.39. The fraction of sp³-hybridized carbons (Fsp3) is 0.250. The zero-order chi connectivity index (χ0) is 19.5. The van der Waals surface area contributed by atoms with Crippen LogP contribution in [0.25, 0.3) is 11.1 Å². The summed E-state index contributed by atoms with van der Waals surface area (Å²) in [6.07, 6.45) is 1.08. The van der Waals surface area contributed by atoms with Crippen LogP contribution in [0.4, 0.5) is 8.78 Å². The van der Waals surface area contributed by atoms with Crippen LogP contribution in [0, 0.1) is 11.6 Å². The summed E-state index contributed by atoms with van der Waals surface area (Å²) in [6.45, 7) is -0.438. The molecule has 26 heavy (non-hydrogen) atoms. The molecule has 1 atom stereocenters. The summed E-state index contributed by atoms with van der Waals surface area (Å²) in [7, 11) is -3.91. The van der Waals surface area contributed by atoms with Crippen LogP contribution in [0.5, 0.6) is 0 Å². The zero-order valence-corrected chi connectivity index (χ0v) is 14.5. The van der Waals surface area contributed by atoms with E-state index in [-0.39, 0.29) is 5.56 Å². The van der Waals surface area contributed by atoms with Gasteiger partial charge in [-0.05, 0) is 12.0 Å². The molecule has 0 radical (unpaired) electrons. The first-order chi connectivity index (χ1) is 12.2. The summed E-state index contributed by atoms with van der Waals surface area (Å²) in [5, 5.41) is 6.95. The standard InChI is InChI=1S/C16H16F2N2O5S/c1-26(24,25)12(15(21)19-23)7-8-20-9-11(17)13(14(18)16(20)22)10-5-3-2-4-6-10/h2-6,9,12,23H,7-8H2,1H3,(H,19,21)/t12-/m1/s1. The fourth-order valence-electron chi connectivity index (χ4n) is 2.50. The molecule has 2 rings (SSSR count). The second-order valence-electron chi connectivity index (χ2n) is 5.61. The van der Waals surface area contributed by atoms with Gasteiger partial charge in [-0.25, -0.2) is 22.7 Å². The molecule has 7 nitrogen and oxygen atoms in total. The van der Waals surface area contributed by atoms with Crippen molar-refractivity contribution in [3.8, 4) is 11.1 Å². The Balaban J connectivity index is 2.38. The van der Waals surface area contributed by atoms with E-state index >= 15 is 0 Å². The Morgan fingerprint density at radius 1 is 1.27 bits per heavy atom. The van der Waals surface area contributed by atoms with Crippen LogP contribution < -0.4 is 11.0 Å². The molecule has 0 aliphatic heterocycles. The lowest BCUT2D eigenvalue weighted by Gasteiger charge is -2.15. The second kappa shape index (κ2) is 7.75. The molecular formula is C16H16F2N2O5S. The van der Waals surface area contributed by atoms with Crippen molar-refractivity contribution in [1.82, 2.24) is 10.0 Å². The van der Waals surface area contributed by atoms with Crippen LogP contribution in [0.1, 0.15) is 6.42 Å². The van der Waals surface area contributed by atoms with Crippen molar-refractivity contribution in [1.29, 1.82) is 0 Å². The van der Waals surface area contributed by atoms with Crippen molar-refractivity contribution < 1.29 is 27.2 Å². The van der Waals surface area contributed by atoms with E-state index in [1.807, 2.05) is 0 Å². The van der Waals surface area contributed by atoms with Gasteiger partial charge in [0.05, 0.1) is 5.56 Å². The number of nitrogens with zero attached hydrogens (tertiary/aromatic N) is 1. The van der Waals surface area contributed by atoms with Crippen LogP contribution >= 0.6 is 0 Å². The van der Waals surface area contributed by atoms with Gasteiger partial charge in [-0.3, -0.25) is 14.8 Å². The monoisotopic (exact) mass is 386 g/mol. The number of benzene rings is 1. The predicted molar refractivity (Wildman–Crippen MR) is 89.2 cm³/mol. The average molecular weight is 386 g/mol. The molecule has 1 heterocycles. The molecule has 0 bridgehead atoms. The lowest BCUT2D eigenvalue weighted by Crippen LogP contribution is -2.39. The number of aryl methyl sites for hydroxylation is 1. The summed E-state index contributed by atoms with van der Waals surface area (Å²) >= 11 is 0. The number of nitrogens with one attached hydrogen (secondary N) is 1. The van der Waals surface area contributed by atoms with Gasteiger partial charge in [-0.2, -0.15) is 0 Å². The Morgan fingerprint density at radius 3 is 2.42 bits per heavy atom. The highest BCUT2D eigenvalue weighted by Crippen LogP contribution is 2.23. The number of sulfone groups is 1. The Hall–Kier alpha value is -2.59. The van der Waals surface area contributed by atoms with Crippen LogP contribution in [-0.2, 0) is 21.2 Å². The predicted octanol–water partition coefficient (Wildman–Crippen LogP) is 1.10. The molecule has 1 amide bonds. The molecule has 140 valence electrons. The van der Waals surface area contributed by atoms with Gasteiger partial charge in [0.1, 0.15) is 11.1 Å². The molecule has 2 N–H and O–H groups in total. The molecule has 0 fully saturated rings. The smallest absolute Gasteiger partial charge is 0.287 e. The fourth-order valence-corrected chi connectivity index (χ4v) is 3.48. The first-order valence-electron chi connectivity index (χ1n) is 7.43. The summed E-state index contributed by atoms with van der Waals surface area (Å²) in [5.74, 6) is -3.52. The number of hydrogen-bond donors (Lipinski definition) is 2. The molecule has 0 spiro atoms. The maximum absolute atomic E-state index is 14.4. The molecule has 10 heteroatoms. The van der Waals surface area contributed by atoms with Gasteiger partial charge in [0.15, 0.2) is 15.7 Å². The highest BCUT2D eigenvalue weighted by atomic mass is 32.2. The van der Waals surface area contributed by atoms with Crippen LogP contribution in [-0.4, -0.2) is 35.6 Å². The third-order valence-corrected chi connectivity index (χ3v) is 5.27. The van der Waals surface area contributed by atoms with Gasteiger partial charge < -0.3 is 4.57 Å². The summed E-state index contributed by atoms with van der Waals surface area (Å²) in [5.41, 5.74) is -0.234. The van der Waals surface area contributed by atoms with Crippen LogP contribution in [0.3, 0.4) is 0 Å². The highest BCUT2D eigenvalue weighted by Gasteiger charge is 2.29. The van der Waals surface area contributed by atoms with Crippen molar-refractivity contribution >= 4 is 15.7 Å². The van der Waals surface area contributed by atoms with E-state index in [0.717, 1.165) is 12.5 Å². The molecule has 0 aliphatic carbocycles. The Kier molecular flexibility index (Phi) is 5.88. The SMILES string of the molecule is CS(=O)(=O)[C@H](CCn1cc(F)c(-c2ccccc2)c(F)c1=O)C(=O)NO.